The van der Waals surface area contributed by atoms with E-state index in [4.69, 9.17) is 0 Å². The molecule has 0 aromatic heterocycles. The van der Waals surface area contributed by atoms with E-state index in [2.05, 4.69) is 53.3 Å². The zero-order valence-corrected chi connectivity index (χ0v) is 12.0. The third kappa shape index (κ3) is 3.10. The van der Waals surface area contributed by atoms with Gasteiger partial charge in [-0.2, -0.15) is 0 Å². The summed E-state index contributed by atoms with van der Waals surface area (Å²) in [6.07, 6.45) is 0. The maximum atomic E-state index is 13.4. The van der Waals surface area contributed by atoms with Gasteiger partial charge in [0.05, 0.1) is 4.47 Å². The number of aryl methyl sites for hydroxylation is 2. The Morgan fingerprint density at radius 3 is 2.61 bits per heavy atom. The largest absolute Gasteiger partial charge is 0.381 e. The lowest BCUT2D eigenvalue weighted by Crippen LogP contribution is -2.01. The molecular weight excluding hydrogens is 293 g/mol. The number of rotatable bonds is 3. The van der Waals surface area contributed by atoms with Crippen LogP contribution in [0.3, 0.4) is 0 Å². The molecule has 0 aliphatic carbocycles. The minimum Gasteiger partial charge on any atom is -0.381 e. The molecule has 2 aromatic rings. The Kier molecular flexibility index (Phi) is 4.02. The van der Waals surface area contributed by atoms with Crippen molar-refractivity contribution in [3.63, 3.8) is 0 Å². The van der Waals surface area contributed by atoms with Crippen molar-refractivity contribution in [2.45, 2.75) is 20.4 Å². The molecule has 0 bridgehead atoms. The Hall–Kier alpha value is -1.35. The molecular formula is C15H15BrFN. The van der Waals surface area contributed by atoms with Gasteiger partial charge < -0.3 is 5.32 Å². The van der Waals surface area contributed by atoms with Gasteiger partial charge in [-0.1, -0.05) is 18.2 Å². The predicted octanol–water partition coefficient (Wildman–Crippen LogP) is 4.82. The molecule has 0 heterocycles. The number of hydrogen-bond donors (Lipinski definition) is 1. The highest BCUT2D eigenvalue weighted by atomic mass is 79.9. The van der Waals surface area contributed by atoms with Gasteiger partial charge in [0.15, 0.2) is 0 Å². The van der Waals surface area contributed by atoms with E-state index in [-0.39, 0.29) is 5.82 Å². The zero-order valence-electron chi connectivity index (χ0n) is 10.4. The van der Waals surface area contributed by atoms with E-state index in [1.54, 1.807) is 12.1 Å². The van der Waals surface area contributed by atoms with E-state index in [1.807, 2.05) is 6.07 Å². The molecule has 18 heavy (non-hydrogen) atoms. The lowest BCUT2D eigenvalue weighted by atomic mass is 10.1. The van der Waals surface area contributed by atoms with E-state index < -0.39 is 0 Å². The summed E-state index contributed by atoms with van der Waals surface area (Å²) < 4.78 is 13.9. The van der Waals surface area contributed by atoms with E-state index in [9.17, 15) is 4.39 Å². The minimum absolute atomic E-state index is 0.227. The Morgan fingerprint density at radius 2 is 1.89 bits per heavy atom. The normalized spacial score (nSPS) is 10.4. The lowest BCUT2D eigenvalue weighted by Gasteiger charge is -2.11. The molecule has 0 spiro atoms. The third-order valence-corrected chi connectivity index (χ3v) is 3.50. The topological polar surface area (TPSA) is 12.0 Å². The molecule has 2 aromatic carbocycles. The van der Waals surface area contributed by atoms with Gasteiger partial charge in [0, 0.05) is 12.2 Å². The Labute approximate surface area is 115 Å². The van der Waals surface area contributed by atoms with Crippen molar-refractivity contribution in [2.75, 3.05) is 5.32 Å². The molecule has 0 fully saturated rings. The van der Waals surface area contributed by atoms with Gasteiger partial charge in [-0.25, -0.2) is 4.39 Å². The monoisotopic (exact) mass is 307 g/mol. The molecule has 0 radical (unpaired) electrons. The van der Waals surface area contributed by atoms with Crippen LogP contribution < -0.4 is 5.32 Å². The van der Waals surface area contributed by atoms with Crippen molar-refractivity contribution in [3.05, 3.63) is 63.4 Å². The fraction of sp³-hybridized carbons (Fsp3) is 0.200. The summed E-state index contributed by atoms with van der Waals surface area (Å²) in [5.41, 5.74) is 4.43. The second kappa shape index (κ2) is 5.53. The first kappa shape index (κ1) is 13.1. The van der Waals surface area contributed by atoms with Gasteiger partial charge in [-0.15, -0.1) is 0 Å². The fourth-order valence-electron chi connectivity index (χ4n) is 1.77. The zero-order chi connectivity index (χ0) is 13.1. The Morgan fingerprint density at radius 1 is 1.11 bits per heavy atom. The minimum atomic E-state index is -0.227. The predicted molar refractivity (Wildman–Crippen MR) is 77.3 cm³/mol. The summed E-state index contributed by atoms with van der Waals surface area (Å²) in [5, 5.41) is 3.33. The Balaban J connectivity index is 2.11. The smallest absolute Gasteiger partial charge is 0.137 e. The number of halogens is 2. The van der Waals surface area contributed by atoms with Crippen molar-refractivity contribution in [3.8, 4) is 0 Å². The molecule has 0 aliphatic rings. The van der Waals surface area contributed by atoms with E-state index in [0.717, 1.165) is 11.3 Å². The molecule has 0 unspecified atom stereocenters. The standard InChI is InChI=1S/C15H15BrFN/c1-10-3-4-11(2)15(7-10)18-9-12-5-6-13(16)14(17)8-12/h3-8,18H,9H2,1-2H3. The highest BCUT2D eigenvalue weighted by molar-refractivity contribution is 9.10. The van der Waals surface area contributed by atoms with Crippen LogP contribution in [0.2, 0.25) is 0 Å². The molecule has 2 rings (SSSR count). The van der Waals surface area contributed by atoms with Gasteiger partial charge in [0.2, 0.25) is 0 Å². The van der Waals surface area contributed by atoms with Gasteiger partial charge in [0.25, 0.3) is 0 Å². The molecule has 0 saturated carbocycles. The van der Waals surface area contributed by atoms with Crippen LogP contribution in [0.15, 0.2) is 40.9 Å². The van der Waals surface area contributed by atoms with Crippen LogP contribution in [0, 0.1) is 19.7 Å². The fourth-order valence-corrected chi connectivity index (χ4v) is 2.02. The number of nitrogens with one attached hydrogen (secondary N) is 1. The van der Waals surface area contributed by atoms with Crippen molar-refractivity contribution in [2.24, 2.45) is 0 Å². The van der Waals surface area contributed by atoms with Gasteiger partial charge in [-0.3, -0.25) is 0 Å². The van der Waals surface area contributed by atoms with Crippen molar-refractivity contribution in [1.82, 2.24) is 0 Å². The van der Waals surface area contributed by atoms with Crippen molar-refractivity contribution < 1.29 is 4.39 Å². The third-order valence-electron chi connectivity index (χ3n) is 2.86. The summed E-state index contributed by atoms with van der Waals surface area (Å²) in [7, 11) is 0. The molecule has 0 atom stereocenters. The molecule has 0 saturated heterocycles. The van der Waals surface area contributed by atoms with Gasteiger partial charge >= 0.3 is 0 Å². The first-order valence-corrected chi connectivity index (χ1v) is 6.60. The molecule has 94 valence electrons. The maximum Gasteiger partial charge on any atom is 0.137 e. The van der Waals surface area contributed by atoms with Crippen LogP contribution in [-0.2, 0) is 6.54 Å². The quantitative estimate of drug-likeness (QED) is 0.857. The second-order valence-corrected chi connectivity index (χ2v) is 5.27. The van der Waals surface area contributed by atoms with Crippen LogP contribution in [0.5, 0.6) is 0 Å². The summed E-state index contributed by atoms with van der Waals surface area (Å²) in [6, 6.07) is 11.5. The van der Waals surface area contributed by atoms with E-state index in [1.165, 1.54) is 11.1 Å². The van der Waals surface area contributed by atoms with Crippen LogP contribution >= 0.6 is 15.9 Å². The highest BCUT2D eigenvalue weighted by Crippen LogP contribution is 2.19. The van der Waals surface area contributed by atoms with Crippen LogP contribution in [-0.4, -0.2) is 0 Å². The second-order valence-electron chi connectivity index (χ2n) is 4.42. The van der Waals surface area contributed by atoms with E-state index in [0.29, 0.717) is 11.0 Å². The first-order chi connectivity index (χ1) is 8.56. The summed E-state index contributed by atoms with van der Waals surface area (Å²) in [5.74, 6) is -0.227. The SMILES string of the molecule is Cc1ccc(C)c(NCc2ccc(Br)c(F)c2)c1. The van der Waals surface area contributed by atoms with Crippen molar-refractivity contribution >= 4 is 21.6 Å². The van der Waals surface area contributed by atoms with Gasteiger partial charge in [-0.05, 0) is 64.7 Å². The van der Waals surface area contributed by atoms with E-state index >= 15 is 0 Å². The summed E-state index contributed by atoms with van der Waals surface area (Å²) >= 11 is 3.15. The number of anilines is 1. The van der Waals surface area contributed by atoms with Gasteiger partial charge in [0.1, 0.15) is 5.82 Å². The maximum absolute atomic E-state index is 13.4. The molecule has 0 amide bonds. The lowest BCUT2D eigenvalue weighted by molar-refractivity contribution is 0.619. The Bertz CT molecular complexity index is 566. The van der Waals surface area contributed by atoms with Crippen LogP contribution in [0.4, 0.5) is 10.1 Å². The van der Waals surface area contributed by atoms with Crippen molar-refractivity contribution in [1.29, 1.82) is 0 Å². The molecule has 0 aliphatic heterocycles. The van der Waals surface area contributed by atoms with Crippen LogP contribution in [0.1, 0.15) is 16.7 Å². The number of benzene rings is 2. The molecule has 1 N–H and O–H groups in total. The molecule has 3 heteroatoms. The average Bonchev–Trinajstić information content (AvgIpc) is 2.34. The summed E-state index contributed by atoms with van der Waals surface area (Å²) in [4.78, 5) is 0. The first-order valence-electron chi connectivity index (χ1n) is 5.81. The summed E-state index contributed by atoms with van der Waals surface area (Å²) in [6.45, 7) is 4.74. The number of hydrogen-bond acceptors (Lipinski definition) is 1. The average molecular weight is 308 g/mol. The molecule has 1 nitrogen and oxygen atoms in total. The van der Waals surface area contributed by atoms with Crippen LogP contribution in [0.25, 0.3) is 0 Å². The highest BCUT2D eigenvalue weighted by Gasteiger charge is 2.02.